The van der Waals surface area contributed by atoms with E-state index in [4.69, 9.17) is 18.6 Å². The molecule has 6 rings (SSSR count). The zero-order chi connectivity index (χ0) is 16.9. The van der Waals surface area contributed by atoms with E-state index in [-0.39, 0.29) is 0 Å². The number of rotatable bonds is 0. The van der Waals surface area contributed by atoms with Crippen LogP contribution < -0.4 is 23.2 Å². The number of halogens is 1. The predicted molar refractivity (Wildman–Crippen MR) is 73.8 cm³/mol. The summed E-state index contributed by atoms with van der Waals surface area (Å²) in [4.78, 5) is 0. The van der Waals surface area contributed by atoms with Gasteiger partial charge in [0.2, 0.25) is 0 Å². The molecule has 2 aliphatic heterocycles. The summed E-state index contributed by atoms with van der Waals surface area (Å²) in [6.07, 6.45) is 8.38. The van der Waals surface area contributed by atoms with E-state index < -0.39 is 10.2 Å². The molecule has 0 saturated heterocycles. The van der Waals surface area contributed by atoms with Crippen molar-refractivity contribution in [3.63, 3.8) is 0 Å². The van der Waals surface area contributed by atoms with Crippen LogP contribution in [0, 0.1) is 22.1 Å². The highest BCUT2D eigenvalue weighted by Crippen LogP contribution is 2.54. The van der Waals surface area contributed by atoms with Gasteiger partial charge >= 0.3 is 0 Å². The summed E-state index contributed by atoms with van der Waals surface area (Å²) in [5.74, 6) is 2.04. The SMILES string of the molecule is C1=CC2C3c4ccccc4C(C2C1)[n+]1ccccc13.[O-][Cl+3]([O-])([O-])[O-]. The minimum Gasteiger partial charge on any atom is -0.222 e. The van der Waals surface area contributed by atoms with Gasteiger partial charge in [0.05, 0.1) is 5.92 Å². The molecule has 5 nitrogen and oxygen atoms in total. The van der Waals surface area contributed by atoms with Crippen LogP contribution in [-0.4, -0.2) is 0 Å². The lowest BCUT2D eigenvalue weighted by Crippen LogP contribution is -2.68. The van der Waals surface area contributed by atoms with Crippen molar-refractivity contribution in [1.29, 1.82) is 0 Å². The van der Waals surface area contributed by atoms with E-state index in [0.29, 0.717) is 17.9 Å². The summed E-state index contributed by atoms with van der Waals surface area (Å²) in [6, 6.07) is 16.3. The number of allylic oxidation sites excluding steroid dienone is 2. The first-order chi connectivity index (χ1) is 11.4. The Kier molecular flexibility index (Phi) is 3.71. The van der Waals surface area contributed by atoms with Gasteiger partial charge in [0.15, 0.2) is 17.9 Å². The van der Waals surface area contributed by atoms with Crippen molar-refractivity contribution in [2.24, 2.45) is 11.8 Å². The van der Waals surface area contributed by atoms with E-state index in [1.807, 2.05) is 0 Å². The molecular formula is C18H16ClNO4. The second-order valence-corrected chi connectivity index (χ2v) is 7.12. The van der Waals surface area contributed by atoms with E-state index in [2.05, 4.69) is 65.4 Å². The minimum absolute atomic E-state index is 0.539. The molecule has 124 valence electrons. The highest BCUT2D eigenvalue weighted by atomic mass is 35.7. The maximum absolute atomic E-state index is 8.49. The van der Waals surface area contributed by atoms with E-state index in [0.717, 1.165) is 5.92 Å². The number of benzene rings is 1. The lowest BCUT2D eigenvalue weighted by atomic mass is 9.63. The number of pyridine rings is 1. The van der Waals surface area contributed by atoms with Crippen LogP contribution in [0.25, 0.3) is 0 Å². The Bertz CT molecular complexity index is 748. The first-order valence-electron chi connectivity index (χ1n) is 7.82. The fraction of sp³-hybridized carbons (Fsp3) is 0.278. The topological polar surface area (TPSA) is 96.1 Å². The van der Waals surface area contributed by atoms with Crippen LogP contribution in [0.2, 0.25) is 0 Å². The van der Waals surface area contributed by atoms with Gasteiger partial charge in [0, 0.05) is 29.5 Å². The lowest BCUT2D eigenvalue weighted by Gasteiger charge is -2.42. The van der Waals surface area contributed by atoms with Gasteiger partial charge in [-0.15, -0.1) is 10.2 Å². The summed E-state index contributed by atoms with van der Waals surface area (Å²) in [5.41, 5.74) is 4.62. The van der Waals surface area contributed by atoms with Crippen molar-refractivity contribution in [3.05, 3.63) is 77.6 Å². The van der Waals surface area contributed by atoms with Gasteiger partial charge in [-0.25, -0.2) is 18.6 Å². The predicted octanol–water partition coefficient (Wildman–Crippen LogP) is -1.54. The third-order valence-corrected chi connectivity index (χ3v) is 5.24. The highest BCUT2D eigenvalue weighted by Gasteiger charge is 2.55. The monoisotopic (exact) mass is 345 g/mol. The number of aromatic nitrogens is 1. The molecule has 4 atom stereocenters. The van der Waals surface area contributed by atoms with Crippen molar-refractivity contribution in [2.45, 2.75) is 18.4 Å². The zero-order valence-corrected chi connectivity index (χ0v) is 13.5. The Morgan fingerprint density at radius 1 is 0.917 bits per heavy atom. The minimum atomic E-state index is -4.94. The molecule has 0 fully saturated rings. The molecule has 0 spiro atoms. The third-order valence-electron chi connectivity index (χ3n) is 5.24. The molecule has 2 aliphatic carbocycles. The van der Waals surface area contributed by atoms with Crippen LogP contribution in [0.5, 0.6) is 0 Å². The molecule has 2 aromatic rings. The molecule has 1 aromatic carbocycles. The van der Waals surface area contributed by atoms with Crippen molar-refractivity contribution >= 4 is 0 Å². The molecule has 2 bridgehead atoms. The standard InChI is InChI=1S/C18H16N.ClHO4/c1-2-7-14-12(6-1)17-13-8-5-9-15(13)18(14)19-11-4-3-10-16(17)19;2-1(3,4)5/h1-8,10-11,13,15,17-18H,9H2;(H,2,3,4,5)/q+1;/p-1. The molecule has 1 aromatic heterocycles. The van der Waals surface area contributed by atoms with Gasteiger partial charge in [-0.1, -0.05) is 42.5 Å². The summed E-state index contributed by atoms with van der Waals surface area (Å²) in [5, 5.41) is 0. The summed E-state index contributed by atoms with van der Waals surface area (Å²) < 4.78 is 36.5. The lowest BCUT2D eigenvalue weighted by molar-refractivity contribution is -2.00. The molecule has 4 aliphatic rings. The largest absolute Gasteiger partial charge is 0.222 e. The van der Waals surface area contributed by atoms with E-state index >= 15 is 0 Å². The molecule has 4 unspecified atom stereocenters. The summed E-state index contributed by atoms with van der Waals surface area (Å²) in [6.45, 7) is 0. The van der Waals surface area contributed by atoms with Crippen LogP contribution in [0.15, 0.2) is 60.8 Å². The van der Waals surface area contributed by atoms with Crippen LogP contribution in [0.1, 0.15) is 35.2 Å². The Morgan fingerprint density at radius 2 is 1.58 bits per heavy atom. The maximum atomic E-state index is 8.49. The summed E-state index contributed by atoms with van der Waals surface area (Å²) in [7, 11) is -4.94. The molecule has 0 saturated carbocycles. The zero-order valence-electron chi connectivity index (χ0n) is 12.7. The van der Waals surface area contributed by atoms with Crippen LogP contribution in [0.3, 0.4) is 0 Å². The van der Waals surface area contributed by atoms with Gasteiger partial charge in [-0.3, -0.25) is 0 Å². The molecule has 6 heteroatoms. The fourth-order valence-corrected chi connectivity index (χ4v) is 4.59. The number of hydrogen-bond donors (Lipinski definition) is 0. The van der Waals surface area contributed by atoms with E-state index in [1.54, 1.807) is 11.1 Å². The highest BCUT2D eigenvalue weighted by molar-refractivity contribution is 5.44. The molecular weight excluding hydrogens is 330 g/mol. The Morgan fingerprint density at radius 3 is 2.33 bits per heavy atom. The Balaban J connectivity index is 0.000000260. The van der Waals surface area contributed by atoms with Crippen LogP contribution >= 0.6 is 0 Å². The van der Waals surface area contributed by atoms with Crippen molar-refractivity contribution in [2.75, 3.05) is 0 Å². The van der Waals surface area contributed by atoms with Crippen LogP contribution in [-0.2, 0) is 0 Å². The van der Waals surface area contributed by atoms with Crippen molar-refractivity contribution in [3.8, 4) is 0 Å². The Labute approximate surface area is 141 Å². The van der Waals surface area contributed by atoms with Gasteiger partial charge in [-0.2, -0.15) is 4.57 Å². The number of hydrogen-bond acceptors (Lipinski definition) is 4. The van der Waals surface area contributed by atoms with Gasteiger partial charge in [0.25, 0.3) is 0 Å². The van der Waals surface area contributed by atoms with Gasteiger partial charge in [0.1, 0.15) is 0 Å². The average Bonchev–Trinajstić information content (AvgIpc) is 3.02. The van der Waals surface area contributed by atoms with Crippen molar-refractivity contribution < 1.29 is 33.4 Å². The summed E-state index contributed by atoms with van der Waals surface area (Å²) >= 11 is 0. The first kappa shape index (κ1) is 15.7. The first-order valence-corrected chi connectivity index (χ1v) is 9.06. The van der Waals surface area contributed by atoms with E-state index in [9.17, 15) is 0 Å². The normalized spacial score (nSPS) is 28.5. The van der Waals surface area contributed by atoms with Gasteiger partial charge in [-0.05, 0) is 12.0 Å². The molecule has 24 heavy (non-hydrogen) atoms. The molecule has 3 heterocycles. The molecule has 0 amide bonds. The average molecular weight is 346 g/mol. The van der Waals surface area contributed by atoms with Gasteiger partial charge < -0.3 is 0 Å². The number of nitrogens with zero attached hydrogens (tertiary/aromatic N) is 1. The second kappa shape index (κ2) is 5.65. The Hall–Kier alpha value is -1.76. The second-order valence-electron chi connectivity index (χ2n) is 6.37. The quantitative estimate of drug-likeness (QED) is 0.427. The molecule has 0 radical (unpaired) electrons. The molecule has 0 N–H and O–H groups in total. The van der Waals surface area contributed by atoms with E-state index in [1.165, 1.54) is 12.1 Å². The third kappa shape index (κ3) is 2.55. The van der Waals surface area contributed by atoms with Crippen LogP contribution in [0.4, 0.5) is 0 Å². The van der Waals surface area contributed by atoms with Crippen molar-refractivity contribution in [1.82, 2.24) is 0 Å². The fourth-order valence-electron chi connectivity index (χ4n) is 4.59. The maximum Gasteiger partial charge on any atom is 0.190 e. The smallest absolute Gasteiger partial charge is 0.190 e.